The van der Waals surface area contributed by atoms with Gasteiger partial charge in [0, 0.05) is 18.3 Å². The zero-order valence-electron chi connectivity index (χ0n) is 15.4. The summed E-state index contributed by atoms with van der Waals surface area (Å²) in [5.41, 5.74) is 0.768. The van der Waals surface area contributed by atoms with E-state index in [0.717, 1.165) is 37.9 Å². The zero-order chi connectivity index (χ0) is 18.4. The molecule has 5 heteroatoms. The van der Waals surface area contributed by atoms with Gasteiger partial charge in [0.15, 0.2) is 11.5 Å². The van der Waals surface area contributed by atoms with Gasteiger partial charge in [-0.1, -0.05) is 25.5 Å². The number of likely N-dealkylation sites (tertiary alicyclic amines) is 1. The van der Waals surface area contributed by atoms with E-state index in [4.69, 9.17) is 9.47 Å². The summed E-state index contributed by atoms with van der Waals surface area (Å²) in [4.78, 5) is 14.5. The van der Waals surface area contributed by atoms with Crippen LogP contribution < -0.4 is 14.8 Å². The highest BCUT2D eigenvalue weighted by Gasteiger charge is 2.27. The molecule has 0 aromatic heterocycles. The lowest BCUT2D eigenvalue weighted by Gasteiger charge is -2.24. The van der Waals surface area contributed by atoms with E-state index in [-0.39, 0.29) is 6.03 Å². The summed E-state index contributed by atoms with van der Waals surface area (Å²) < 4.78 is 11.2. The number of anilines is 1. The van der Waals surface area contributed by atoms with Crippen LogP contribution in [-0.4, -0.2) is 30.6 Å². The largest absolute Gasteiger partial charge is 0.493 e. The van der Waals surface area contributed by atoms with Crippen LogP contribution in [0.4, 0.5) is 10.5 Å². The van der Waals surface area contributed by atoms with E-state index >= 15 is 0 Å². The molecule has 0 unspecified atom stereocenters. The minimum Gasteiger partial charge on any atom is -0.493 e. The van der Waals surface area contributed by atoms with Crippen molar-refractivity contribution in [1.29, 1.82) is 0 Å². The van der Waals surface area contributed by atoms with Crippen molar-refractivity contribution in [2.24, 2.45) is 0 Å². The van der Waals surface area contributed by atoms with Crippen molar-refractivity contribution in [2.45, 2.75) is 38.6 Å². The Hall–Kier alpha value is -2.69. The smallest absolute Gasteiger partial charge is 0.322 e. The van der Waals surface area contributed by atoms with Gasteiger partial charge >= 0.3 is 6.03 Å². The number of carbonyl (C=O) groups is 1. The van der Waals surface area contributed by atoms with Crippen molar-refractivity contribution in [1.82, 2.24) is 4.90 Å². The van der Waals surface area contributed by atoms with E-state index in [1.165, 1.54) is 0 Å². The van der Waals surface area contributed by atoms with Gasteiger partial charge in [-0.25, -0.2) is 4.79 Å². The molecular formula is C21H26N2O3. The highest BCUT2D eigenvalue weighted by Crippen LogP contribution is 2.31. The van der Waals surface area contributed by atoms with Crippen LogP contribution in [0.2, 0.25) is 0 Å². The van der Waals surface area contributed by atoms with Gasteiger partial charge < -0.3 is 19.7 Å². The Labute approximate surface area is 154 Å². The molecule has 1 fully saturated rings. The van der Waals surface area contributed by atoms with Crippen molar-refractivity contribution in [3.05, 3.63) is 48.5 Å². The molecule has 2 aromatic carbocycles. The first-order chi connectivity index (χ1) is 12.7. The molecule has 0 bridgehead atoms. The highest BCUT2D eigenvalue weighted by molar-refractivity contribution is 5.89. The Morgan fingerprint density at radius 1 is 1.15 bits per heavy atom. The van der Waals surface area contributed by atoms with Crippen LogP contribution in [-0.2, 0) is 0 Å². The molecule has 138 valence electrons. The molecule has 1 heterocycles. The number of para-hydroxylation sites is 2. The number of amides is 2. The molecule has 1 aliphatic heterocycles. The number of rotatable bonds is 6. The van der Waals surface area contributed by atoms with Crippen molar-refractivity contribution >= 4 is 11.7 Å². The zero-order valence-corrected chi connectivity index (χ0v) is 15.4. The summed E-state index contributed by atoms with van der Waals surface area (Å²) in [5, 5.41) is 2.99. The average Bonchev–Trinajstić information content (AvgIpc) is 3.12. The van der Waals surface area contributed by atoms with E-state index in [1.807, 2.05) is 53.4 Å². The second kappa shape index (κ2) is 8.61. The van der Waals surface area contributed by atoms with Crippen molar-refractivity contribution in [2.75, 3.05) is 19.0 Å². The third-order valence-corrected chi connectivity index (χ3v) is 4.66. The fourth-order valence-electron chi connectivity index (χ4n) is 3.37. The lowest BCUT2D eigenvalue weighted by Crippen LogP contribution is -2.38. The molecule has 0 aliphatic carbocycles. The van der Waals surface area contributed by atoms with Crippen LogP contribution >= 0.6 is 0 Å². The fourth-order valence-corrected chi connectivity index (χ4v) is 3.37. The number of urea groups is 1. The summed E-state index contributed by atoms with van der Waals surface area (Å²) in [5.74, 6) is 2.03. The van der Waals surface area contributed by atoms with Gasteiger partial charge in [0.2, 0.25) is 0 Å². The fraction of sp³-hybridized carbons (Fsp3) is 0.381. The van der Waals surface area contributed by atoms with E-state index in [9.17, 15) is 4.79 Å². The lowest BCUT2D eigenvalue weighted by atomic mass is 10.1. The highest BCUT2D eigenvalue weighted by atomic mass is 16.5. The Kier molecular flexibility index (Phi) is 6.00. The van der Waals surface area contributed by atoms with E-state index < -0.39 is 0 Å². The molecule has 0 radical (unpaired) electrons. The minimum absolute atomic E-state index is 0.0145. The molecule has 26 heavy (non-hydrogen) atoms. The Morgan fingerprint density at radius 3 is 2.58 bits per heavy atom. The summed E-state index contributed by atoms with van der Waals surface area (Å²) >= 11 is 0. The first-order valence-corrected chi connectivity index (χ1v) is 9.20. The van der Waals surface area contributed by atoms with Crippen LogP contribution in [0.15, 0.2) is 48.5 Å². The first-order valence-electron chi connectivity index (χ1n) is 9.20. The van der Waals surface area contributed by atoms with Crippen LogP contribution in [0.3, 0.4) is 0 Å². The van der Waals surface area contributed by atoms with Gasteiger partial charge in [-0.3, -0.25) is 0 Å². The normalized spacial score (nSPS) is 16.4. The summed E-state index contributed by atoms with van der Waals surface area (Å²) in [6.45, 7) is 3.00. The number of nitrogens with zero attached hydrogens (tertiary/aromatic N) is 1. The Balaban J connectivity index is 1.61. The van der Waals surface area contributed by atoms with Gasteiger partial charge in [0.25, 0.3) is 0 Å². The maximum atomic E-state index is 12.5. The van der Waals surface area contributed by atoms with Crippen molar-refractivity contribution in [3.8, 4) is 17.2 Å². The maximum Gasteiger partial charge on any atom is 0.322 e. The lowest BCUT2D eigenvalue weighted by molar-refractivity contribution is 0.203. The van der Waals surface area contributed by atoms with Gasteiger partial charge in [-0.15, -0.1) is 0 Å². The Bertz CT molecular complexity index is 730. The second-order valence-corrected chi connectivity index (χ2v) is 6.49. The summed E-state index contributed by atoms with van der Waals surface area (Å²) in [6.07, 6.45) is 4.36. The number of nitrogens with one attached hydrogen (secondary N) is 1. The molecule has 1 aliphatic rings. The van der Waals surface area contributed by atoms with Crippen LogP contribution in [0, 0.1) is 0 Å². The summed E-state index contributed by atoms with van der Waals surface area (Å²) in [6, 6.07) is 15.3. The predicted octanol–water partition coefficient (Wildman–Crippen LogP) is 5.28. The SMILES string of the molecule is CCC[C@H]1CCCN1C(=O)Nc1ccc(Oc2ccccc2OC)cc1. The van der Waals surface area contributed by atoms with Crippen LogP contribution in [0.1, 0.15) is 32.6 Å². The molecule has 1 saturated heterocycles. The van der Waals surface area contributed by atoms with E-state index in [1.54, 1.807) is 7.11 Å². The molecule has 3 rings (SSSR count). The molecule has 1 N–H and O–H groups in total. The summed E-state index contributed by atoms with van der Waals surface area (Å²) in [7, 11) is 1.62. The van der Waals surface area contributed by atoms with Gasteiger partial charge in [-0.05, 0) is 55.7 Å². The number of methoxy groups -OCH3 is 1. The van der Waals surface area contributed by atoms with E-state index in [2.05, 4.69) is 12.2 Å². The van der Waals surface area contributed by atoms with Crippen LogP contribution in [0.5, 0.6) is 17.2 Å². The molecule has 2 amide bonds. The minimum atomic E-state index is -0.0145. The van der Waals surface area contributed by atoms with Gasteiger partial charge in [0.05, 0.1) is 7.11 Å². The van der Waals surface area contributed by atoms with E-state index in [0.29, 0.717) is 23.3 Å². The average molecular weight is 354 g/mol. The first kappa shape index (κ1) is 18.1. The number of hydrogen-bond donors (Lipinski definition) is 1. The molecule has 0 saturated carbocycles. The third-order valence-electron chi connectivity index (χ3n) is 4.66. The monoisotopic (exact) mass is 354 g/mol. The van der Waals surface area contributed by atoms with Crippen molar-refractivity contribution in [3.63, 3.8) is 0 Å². The number of hydrogen-bond acceptors (Lipinski definition) is 3. The van der Waals surface area contributed by atoms with Crippen LogP contribution in [0.25, 0.3) is 0 Å². The van der Waals surface area contributed by atoms with Crippen molar-refractivity contribution < 1.29 is 14.3 Å². The third kappa shape index (κ3) is 4.28. The predicted molar refractivity (Wildman–Crippen MR) is 103 cm³/mol. The number of benzene rings is 2. The molecule has 1 atom stereocenters. The number of ether oxygens (including phenoxy) is 2. The maximum absolute atomic E-state index is 12.5. The van der Waals surface area contributed by atoms with Gasteiger partial charge in [-0.2, -0.15) is 0 Å². The molecule has 2 aromatic rings. The molecule has 5 nitrogen and oxygen atoms in total. The van der Waals surface area contributed by atoms with Gasteiger partial charge in [0.1, 0.15) is 5.75 Å². The topological polar surface area (TPSA) is 50.8 Å². The second-order valence-electron chi connectivity index (χ2n) is 6.49. The number of carbonyl (C=O) groups excluding carboxylic acids is 1. The molecular weight excluding hydrogens is 328 g/mol. The quantitative estimate of drug-likeness (QED) is 0.767. The molecule has 0 spiro atoms. The standard InChI is InChI=1S/C21H26N2O3/c1-3-7-17-8-6-15-23(17)21(24)22-16-11-13-18(14-12-16)26-20-10-5-4-9-19(20)25-2/h4-5,9-14,17H,3,6-8,15H2,1-2H3,(H,22,24)/t17-/m0/s1. The Morgan fingerprint density at radius 2 is 1.88 bits per heavy atom.